The Bertz CT molecular complexity index is 406. The summed E-state index contributed by atoms with van der Waals surface area (Å²) in [5.74, 6) is 0. The molecule has 0 aliphatic heterocycles. The van der Waals surface area contributed by atoms with Crippen molar-refractivity contribution in [3.63, 3.8) is 0 Å². The summed E-state index contributed by atoms with van der Waals surface area (Å²) in [6, 6.07) is 12.4. The highest BCUT2D eigenvalue weighted by molar-refractivity contribution is 7.13. The standard InChI is InChI=1S/C12H14N2S/c13-8-11(14)9-3-5-10(6-4-9)12-2-1-7-15-12/h1-7,11H,8,13-14H2/t11-/m1/s1. The van der Waals surface area contributed by atoms with Crippen molar-refractivity contribution in [2.75, 3.05) is 6.54 Å². The molecule has 1 atom stereocenters. The van der Waals surface area contributed by atoms with Crippen LogP contribution in [-0.4, -0.2) is 6.54 Å². The molecule has 78 valence electrons. The van der Waals surface area contributed by atoms with Gasteiger partial charge in [-0.2, -0.15) is 0 Å². The lowest BCUT2D eigenvalue weighted by atomic mass is 10.1. The Balaban J connectivity index is 2.25. The van der Waals surface area contributed by atoms with Gasteiger partial charge in [-0.15, -0.1) is 11.3 Å². The van der Waals surface area contributed by atoms with E-state index in [-0.39, 0.29) is 6.04 Å². The zero-order chi connectivity index (χ0) is 10.7. The molecule has 3 heteroatoms. The van der Waals surface area contributed by atoms with Crippen LogP contribution in [0.2, 0.25) is 0 Å². The molecule has 1 aromatic carbocycles. The van der Waals surface area contributed by atoms with Gasteiger partial charge in [-0.3, -0.25) is 0 Å². The van der Waals surface area contributed by atoms with Crippen LogP contribution in [-0.2, 0) is 0 Å². The van der Waals surface area contributed by atoms with E-state index in [1.807, 2.05) is 12.1 Å². The number of benzene rings is 1. The number of hydrogen-bond donors (Lipinski definition) is 2. The fourth-order valence-corrected chi connectivity index (χ4v) is 2.21. The van der Waals surface area contributed by atoms with Gasteiger partial charge in [0.25, 0.3) is 0 Å². The first-order chi connectivity index (χ1) is 7.31. The van der Waals surface area contributed by atoms with E-state index in [9.17, 15) is 0 Å². The van der Waals surface area contributed by atoms with Crippen molar-refractivity contribution in [2.24, 2.45) is 11.5 Å². The fraction of sp³-hybridized carbons (Fsp3) is 0.167. The zero-order valence-electron chi connectivity index (χ0n) is 8.39. The van der Waals surface area contributed by atoms with E-state index in [0.717, 1.165) is 5.56 Å². The van der Waals surface area contributed by atoms with Crippen LogP contribution in [0.1, 0.15) is 11.6 Å². The first-order valence-electron chi connectivity index (χ1n) is 4.91. The van der Waals surface area contributed by atoms with Crippen molar-refractivity contribution < 1.29 is 0 Å². The molecule has 4 N–H and O–H groups in total. The van der Waals surface area contributed by atoms with E-state index >= 15 is 0 Å². The predicted molar refractivity (Wildman–Crippen MR) is 65.7 cm³/mol. The van der Waals surface area contributed by atoms with Gasteiger partial charge in [-0.1, -0.05) is 30.3 Å². The Kier molecular flexibility index (Phi) is 3.16. The van der Waals surface area contributed by atoms with Gasteiger partial charge < -0.3 is 11.5 Å². The van der Waals surface area contributed by atoms with E-state index in [2.05, 4.69) is 29.6 Å². The predicted octanol–water partition coefficient (Wildman–Crippen LogP) is 2.37. The third-order valence-electron chi connectivity index (χ3n) is 2.40. The Labute approximate surface area is 93.5 Å². The van der Waals surface area contributed by atoms with Crippen LogP contribution >= 0.6 is 11.3 Å². The van der Waals surface area contributed by atoms with Crippen LogP contribution in [0.15, 0.2) is 41.8 Å². The Morgan fingerprint density at radius 3 is 2.40 bits per heavy atom. The quantitative estimate of drug-likeness (QED) is 0.831. The normalized spacial score (nSPS) is 12.7. The molecule has 0 radical (unpaired) electrons. The Hall–Kier alpha value is -1.16. The largest absolute Gasteiger partial charge is 0.329 e. The Morgan fingerprint density at radius 2 is 1.87 bits per heavy atom. The van der Waals surface area contributed by atoms with E-state index in [1.165, 1.54) is 10.4 Å². The maximum atomic E-state index is 5.84. The zero-order valence-corrected chi connectivity index (χ0v) is 9.21. The number of nitrogens with two attached hydrogens (primary N) is 2. The first kappa shape index (κ1) is 10.4. The average molecular weight is 218 g/mol. The van der Waals surface area contributed by atoms with E-state index in [1.54, 1.807) is 11.3 Å². The smallest absolute Gasteiger partial charge is 0.0419 e. The fourth-order valence-electron chi connectivity index (χ4n) is 1.47. The van der Waals surface area contributed by atoms with Gasteiger partial charge in [0.2, 0.25) is 0 Å². The first-order valence-corrected chi connectivity index (χ1v) is 5.78. The van der Waals surface area contributed by atoms with Crippen molar-refractivity contribution in [1.82, 2.24) is 0 Å². The monoisotopic (exact) mass is 218 g/mol. The highest BCUT2D eigenvalue weighted by Gasteiger charge is 2.03. The molecule has 2 nitrogen and oxygen atoms in total. The Morgan fingerprint density at radius 1 is 1.13 bits per heavy atom. The van der Waals surface area contributed by atoms with Crippen LogP contribution in [0.4, 0.5) is 0 Å². The molecule has 0 spiro atoms. The second-order valence-electron chi connectivity index (χ2n) is 3.44. The molecular weight excluding hydrogens is 204 g/mol. The molecule has 0 amide bonds. The molecular formula is C12H14N2S. The molecule has 0 fully saturated rings. The maximum absolute atomic E-state index is 5.84. The van der Waals surface area contributed by atoms with Crippen molar-refractivity contribution in [3.05, 3.63) is 47.3 Å². The van der Waals surface area contributed by atoms with Gasteiger partial charge in [0.1, 0.15) is 0 Å². The number of hydrogen-bond acceptors (Lipinski definition) is 3. The lowest BCUT2D eigenvalue weighted by Gasteiger charge is -2.09. The number of thiophene rings is 1. The van der Waals surface area contributed by atoms with Gasteiger partial charge in [0.05, 0.1) is 0 Å². The highest BCUT2D eigenvalue weighted by Crippen LogP contribution is 2.25. The van der Waals surface area contributed by atoms with Gasteiger partial charge in [0, 0.05) is 17.5 Å². The minimum atomic E-state index is -0.0533. The van der Waals surface area contributed by atoms with Crippen molar-refractivity contribution in [1.29, 1.82) is 0 Å². The summed E-state index contributed by atoms with van der Waals surface area (Å²) in [5.41, 5.74) is 13.7. The summed E-state index contributed by atoms with van der Waals surface area (Å²) in [5, 5.41) is 2.08. The van der Waals surface area contributed by atoms with Gasteiger partial charge in [0.15, 0.2) is 0 Å². The summed E-state index contributed by atoms with van der Waals surface area (Å²) in [6.07, 6.45) is 0. The van der Waals surface area contributed by atoms with Crippen LogP contribution < -0.4 is 11.5 Å². The molecule has 0 aliphatic carbocycles. The van der Waals surface area contributed by atoms with Crippen LogP contribution in [0.3, 0.4) is 0 Å². The third kappa shape index (κ3) is 2.26. The summed E-state index contributed by atoms with van der Waals surface area (Å²) >= 11 is 1.74. The molecule has 0 saturated carbocycles. The SMILES string of the molecule is NC[C@@H](N)c1ccc(-c2cccs2)cc1. The molecule has 2 rings (SSSR count). The molecule has 0 unspecified atom stereocenters. The number of rotatable bonds is 3. The van der Waals surface area contributed by atoms with E-state index in [4.69, 9.17) is 11.5 Å². The summed E-state index contributed by atoms with van der Waals surface area (Å²) in [7, 11) is 0. The van der Waals surface area contributed by atoms with Crippen molar-refractivity contribution in [3.8, 4) is 10.4 Å². The van der Waals surface area contributed by atoms with Gasteiger partial charge >= 0.3 is 0 Å². The van der Waals surface area contributed by atoms with Crippen LogP contribution in [0, 0.1) is 0 Å². The highest BCUT2D eigenvalue weighted by atomic mass is 32.1. The third-order valence-corrected chi connectivity index (χ3v) is 3.32. The molecule has 0 saturated heterocycles. The van der Waals surface area contributed by atoms with Crippen LogP contribution in [0.5, 0.6) is 0 Å². The van der Waals surface area contributed by atoms with E-state index < -0.39 is 0 Å². The lowest BCUT2D eigenvalue weighted by Crippen LogP contribution is -2.20. The summed E-state index contributed by atoms with van der Waals surface area (Å²) < 4.78 is 0. The molecule has 0 bridgehead atoms. The molecule has 2 aromatic rings. The topological polar surface area (TPSA) is 52.0 Å². The molecule has 1 aromatic heterocycles. The van der Waals surface area contributed by atoms with Gasteiger partial charge in [-0.25, -0.2) is 0 Å². The molecule has 0 aliphatic rings. The summed E-state index contributed by atoms with van der Waals surface area (Å²) in [6.45, 7) is 0.484. The van der Waals surface area contributed by atoms with Crippen molar-refractivity contribution >= 4 is 11.3 Å². The lowest BCUT2D eigenvalue weighted by molar-refractivity contribution is 0.737. The van der Waals surface area contributed by atoms with Gasteiger partial charge in [-0.05, 0) is 22.6 Å². The average Bonchev–Trinajstić information content (AvgIpc) is 2.82. The van der Waals surface area contributed by atoms with E-state index in [0.29, 0.717) is 6.54 Å². The second kappa shape index (κ2) is 4.57. The second-order valence-corrected chi connectivity index (χ2v) is 4.39. The minimum absolute atomic E-state index is 0.0533. The van der Waals surface area contributed by atoms with Crippen LogP contribution in [0.25, 0.3) is 10.4 Å². The summed E-state index contributed by atoms with van der Waals surface area (Å²) in [4.78, 5) is 1.28. The molecule has 1 heterocycles. The molecule has 15 heavy (non-hydrogen) atoms. The maximum Gasteiger partial charge on any atom is 0.0419 e. The van der Waals surface area contributed by atoms with Crippen molar-refractivity contribution in [2.45, 2.75) is 6.04 Å². The minimum Gasteiger partial charge on any atom is -0.329 e.